The van der Waals surface area contributed by atoms with Gasteiger partial charge in [0.1, 0.15) is 18.1 Å². The Morgan fingerprint density at radius 1 is 1.00 bits per heavy atom. The minimum absolute atomic E-state index is 0.443. The van der Waals surface area contributed by atoms with Crippen molar-refractivity contribution in [2.75, 3.05) is 12.8 Å². The van der Waals surface area contributed by atoms with E-state index >= 15 is 0 Å². The van der Waals surface area contributed by atoms with Crippen molar-refractivity contribution in [2.45, 2.75) is 20.5 Å². The van der Waals surface area contributed by atoms with E-state index in [0.29, 0.717) is 12.3 Å². The highest BCUT2D eigenvalue weighted by molar-refractivity contribution is 5.48. The average Bonchev–Trinajstić information content (AvgIpc) is 2.38. The van der Waals surface area contributed by atoms with Crippen molar-refractivity contribution in [2.24, 2.45) is 0 Å². The standard InChI is InChI=1S/C16H19NO2/c1-11-4-6-15(12(2)8-11)19-10-13-9-14(17)5-7-16(13)18-3/h4-9H,10,17H2,1-3H3. The number of methoxy groups -OCH3 is 1. The third-order valence-electron chi connectivity index (χ3n) is 3.02. The molecule has 0 aromatic heterocycles. The highest BCUT2D eigenvalue weighted by atomic mass is 16.5. The molecule has 0 radical (unpaired) electrons. The number of hydrogen-bond donors (Lipinski definition) is 1. The first-order valence-electron chi connectivity index (χ1n) is 6.22. The summed E-state index contributed by atoms with van der Waals surface area (Å²) in [5.41, 5.74) is 9.80. The molecule has 2 aromatic carbocycles. The Kier molecular flexibility index (Phi) is 3.95. The van der Waals surface area contributed by atoms with E-state index in [1.165, 1.54) is 5.56 Å². The normalized spacial score (nSPS) is 10.3. The van der Waals surface area contributed by atoms with Crippen LogP contribution < -0.4 is 15.2 Å². The summed E-state index contributed by atoms with van der Waals surface area (Å²) in [6.07, 6.45) is 0. The number of benzene rings is 2. The minimum Gasteiger partial charge on any atom is -0.496 e. The first-order valence-corrected chi connectivity index (χ1v) is 6.22. The lowest BCUT2D eigenvalue weighted by Gasteiger charge is -2.13. The van der Waals surface area contributed by atoms with Gasteiger partial charge in [0.15, 0.2) is 0 Å². The Bertz CT molecular complexity index is 579. The van der Waals surface area contributed by atoms with Crippen molar-refractivity contribution >= 4 is 5.69 Å². The predicted molar refractivity (Wildman–Crippen MR) is 77.7 cm³/mol. The molecular formula is C16H19NO2. The Morgan fingerprint density at radius 3 is 2.42 bits per heavy atom. The van der Waals surface area contributed by atoms with Crippen LogP contribution >= 0.6 is 0 Å². The van der Waals surface area contributed by atoms with Crippen LogP contribution in [0.15, 0.2) is 36.4 Å². The molecule has 0 aliphatic heterocycles. The molecule has 3 heteroatoms. The van der Waals surface area contributed by atoms with Crippen LogP contribution in [0.3, 0.4) is 0 Å². The van der Waals surface area contributed by atoms with Crippen molar-refractivity contribution in [1.29, 1.82) is 0 Å². The van der Waals surface area contributed by atoms with Gasteiger partial charge in [-0.05, 0) is 43.7 Å². The van der Waals surface area contributed by atoms with Gasteiger partial charge in [0, 0.05) is 11.3 Å². The second-order valence-electron chi connectivity index (χ2n) is 4.63. The maximum Gasteiger partial charge on any atom is 0.125 e. The lowest BCUT2D eigenvalue weighted by molar-refractivity contribution is 0.295. The van der Waals surface area contributed by atoms with Gasteiger partial charge in [0.2, 0.25) is 0 Å². The van der Waals surface area contributed by atoms with Crippen LogP contribution in [0.1, 0.15) is 16.7 Å². The van der Waals surface area contributed by atoms with E-state index in [0.717, 1.165) is 22.6 Å². The zero-order chi connectivity index (χ0) is 13.8. The molecule has 19 heavy (non-hydrogen) atoms. The number of aryl methyl sites for hydroxylation is 2. The minimum atomic E-state index is 0.443. The fourth-order valence-corrected chi connectivity index (χ4v) is 2.03. The lowest BCUT2D eigenvalue weighted by Crippen LogP contribution is -2.01. The predicted octanol–water partition coefficient (Wildman–Crippen LogP) is 3.47. The SMILES string of the molecule is COc1ccc(N)cc1COc1ccc(C)cc1C. The van der Waals surface area contributed by atoms with Gasteiger partial charge in [-0.15, -0.1) is 0 Å². The molecule has 2 aromatic rings. The highest BCUT2D eigenvalue weighted by Gasteiger charge is 2.06. The zero-order valence-corrected chi connectivity index (χ0v) is 11.6. The molecule has 100 valence electrons. The van der Waals surface area contributed by atoms with Crippen LogP contribution in [0.5, 0.6) is 11.5 Å². The van der Waals surface area contributed by atoms with Gasteiger partial charge < -0.3 is 15.2 Å². The molecule has 0 saturated heterocycles. The molecule has 0 amide bonds. The first kappa shape index (κ1) is 13.3. The van der Waals surface area contributed by atoms with Gasteiger partial charge in [-0.1, -0.05) is 17.7 Å². The van der Waals surface area contributed by atoms with E-state index in [1.54, 1.807) is 7.11 Å². The van der Waals surface area contributed by atoms with Crippen LogP contribution in [0.25, 0.3) is 0 Å². The molecule has 0 atom stereocenters. The summed E-state index contributed by atoms with van der Waals surface area (Å²) >= 11 is 0. The summed E-state index contributed by atoms with van der Waals surface area (Å²) in [7, 11) is 1.64. The molecule has 0 aliphatic carbocycles. The van der Waals surface area contributed by atoms with Gasteiger partial charge in [0.05, 0.1) is 7.11 Å². The molecule has 0 aliphatic rings. The van der Waals surface area contributed by atoms with Crippen molar-refractivity contribution < 1.29 is 9.47 Å². The molecule has 0 fully saturated rings. The van der Waals surface area contributed by atoms with Crippen molar-refractivity contribution in [3.8, 4) is 11.5 Å². The molecule has 0 spiro atoms. The van der Waals surface area contributed by atoms with Gasteiger partial charge in [-0.3, -0.25) is 0 Å². The Balaban J connectivity index is 2.16. The Morgan fingerprint density at radius 2 is 1.74 bits per heavy atom. The second kappa shape index (κ2) is 5.65. The second-order valence-corrected chi connectivity index (χ2v) is 4.63. The Labute approximate surface area is 114 Å². The molecule has 0 heterocycles. The van der Waals surface area contributed by atoms with Gasteiger partial charge in [-0.25, -0.2) is 0 Å². The van der Waals surface area contributed by atoms with E-state index in [1.807, 2.05) is 37.3 Å². The lowest BCUT2D eigenvalue weighted by atomic mass is 10.1. The first-order chi connectivity index (χ1) is 9.10. The summed E-state index contributed by atoms with van der Waals surface area (Å²) < 4.78 is 11.1. The van der Waals surface area contributed by atoms with Crippen LogP contribution in [0.2, 0.25) is 0 Å². The fraction of sp³-hybridized carbons (Fsp3) is 0.250. The number of nitrogen functional groups attached to an aromatic ring is 1. The molecule has 2 rings (SSSR count). The molecule has 0 bridgehead atoms. The van der Waals surface area contributed by atoms with E-state index in [4.69, 9.17) is 15.2 Å². The largest absolute Gasteiger partial charge is 0.496 e. The van der Waals surface area contributed by atoms with Gasteiger partial charge in [0.25, 0.3) is 0 Å². The molecule has 0 unspecified atom stereocenters. The summed E-state index contributed by atoms with van der Waals surface area (Å²) in [6.45, 7) is 4.55. The van der Waals surface area contributed by atoms with E-state index in [2.05, 4.69) is 13.0 Å². The fourth-order valence-electron chi connectivity index (χ4n) is 2.03. The Hall–Kier alpha value is -2.16. The molecule has 3 nitrogen and oxygen atoms in total. The van der Waals surface area contributed by atoms with Gasteiger partial charge in [-0.2, -0.15) is 0 Å². The quantitative estimate of drug-likeness (QED) is 0.853. The maximum atomic E-state index is 5.84. The number of rotatable bonds is 4. The van der Waals surface area contributed by atoms with Crippen LogP contribution in [0, 0.1) is 13.8 Å². The average molecular weight is 257 g/mol. The smallest absolute Gasteiger partial charge is 0.125 e. The number of hydrogen-bond acceptors (Lipinski definition) is 3. The number of nitrogens with two attached hydrogens (primary N) is 1. The summed E-state index contributed by atoms with van der Waals surface area (Å²) in [5, 5.41) is 0. The number of anilines is 1. The van der Waals surface area contributed by atoms with E-state index < -0.39 is 0 Å². The molecule has 0 saturated carbocycles. The van der Waals surface area contributed by atoms with E-state index in [-0.39, 0.29) is 0 Å². The third-order valence-corrected chi connectivity index (χ3v) is 3.02. The third kappa shape index (κ3) is 3.19. The highest BCUT2D eigenvalue weighted by Crippen LogP contribution is 2.25. The van der Waals surface area contributed by atoms with Crippen molar-refractivity contribution in [3.05, 3.63) is 53.1 Å². The van der Waals surface area contributed by atoms with Crippen molar-refractivity contribution in [3.63, 3.8) is 0 Å². The van der Waals surface area contributed by atoms with Crippen molar-refractivity contribution in [1.82, 2.24) is 0 Å². The van der Waals surface area contributed by atoms with Crippen LogP contribution in [0.4, 0.5) is 5.69 Å². The molecule has 2 N–H and O–H groups in total. The summed E-state index contributed by atoms with van der Waals surface area (Å²) in [4.78, 5) is 0. The molecular weight excluding hydrogens is 238 g/mol. The topological polar surface area (TPSA) is 44.5 Å². The van der Waals surface area contributed by atoms with Crippen LogP contribution in [-0.4, -0.2) is 7.11 Å². The van der Waals surface area contributed by atoms with Gasteiger partial charge >= 0.3 is 0 Å². The maximum absolute atomic E-state index is 5.84. The zero-order valence-electron chi connectivity index (χ0n) is 11.6. The van der Waals surface area contributed by atoms with Crippen LogP contribution in [-0.2, 0) is 6.61 Å². The van der Waals surface area contributed by atoms with E-state index in [9.17, 15) is 0 Å². The summed E-state index contributed by atoms with van der Waals surface area (Å²) in [5.74, 6) is 1.68. The number of ether oxygens (including phenoxy) is 2. The summed E-state index contributed by atoms with van der Waals surface area (Å²) in [6, 6.07) is 11.7. The monoisotopic (exact) mass is 257 g/mol.